The number of ether oxygens (including phenoxy) is 2. The fourth-order valence-electron chi connectivity index (χ4n) is 1.86. The van der Waals surface area contributed by atoms with Gasteiger partial charge in [-0.3, -0.25) is 0 Å². The maximum atomic E-state index is 11.7. The predicted molar refractivity (Wildman–Crippen MR) is 79.5 cm³/mol. The second kappa shape index (κ2) is 7.33. The topological polar surface area (TPSA) is 76.2 Å². The van der Waals surface area contributed by atoms with Crippen LogP contribution in [0.4, 0.5) is 5.69 Å². The number of hydrogen-bond acceptors (Lipinski definition) is 5. The van der Waals surface area contributed by atoms with Crippen molar-refractivity contribution in [1.82, 2.24) is 9.97 Å². The van der Waals surface area contributed by atoms with E-state index in [0.717, 1.165) is 5.69 Å². The average molecular weight is 289 g/mol. The molecule has 2 heterocycles. The van der Waals surface area contributed by atoms with Crippen LogP contribution in [0.5, 0.6) is 5.88 Å². The highest BCUT2D eigenvalue weighted by atomic mass is 16.5. The molecule has 2 aromatic rings. The maximum Gasteiger partial charge on any atom is 0.356 e. The van der Waals surface area contributed by atoms with Gasteiger partial charge >= 0.3 is 5.97 Å². The first kappa shape index (κ1) is 14.9. The molecule has 2 rings (SSSR count). The molecule has 0 unspecified atom stereocenters. The number of aromatic amines is 1. The van der Waals surface area contributed by atoms with Crippen molar-refractivity contribution in [2.75, 3.05) is 18.5 Å². The molecule has 0 amide bonds. The Kier molecular flexibility index (Phi) is 5.20. The molecule has 6 heteroatoms. The van der Waals surface area contributed by atoms with Crippen molar-refractivity contribution in [3.8, 4) is 5.88 Å². The summed E-state index contributed by atoms with van der Waals surface area (Å²) in [6.45, 7) is 5.10. The van der Waals surface area contributed by atoms with E-state index in [-0.39, 0.29) is 5.97 Å². The fourth-order valence-corrected chi connectivity index (χ4v) is 1.86. The molecule has 0 atom stereocenters. The largest absolute Gasteiger partial charge is 0.478 e. The van der Waals surface area contributed by atoms with Crippen molar-refractivity contribution in [2.45, 2.75) is 20.4 Å². The number of esters is 1. The van der Waals surface area contributed by atoms with Crippen molar-refractivity contribution >= 4 is 11.7 Å². The summed E-state index contributed by atoms with van der Waals surface area (Å²) in [6, 6.07) is 7.39. The summed E-state index contributed by atoms with van der Waals surface area (Å²) in [5.74, 6) is 0.220. The summed E-state index contributed by atoms with van der Waals surface area (Å²) in [5.41, 5.74) is 1.94. The minimum atomic E-state index is -0.374. The van der Waals surface area contributed by atoms with Crippen molar-refractivity contribution in [1.29, 1.82) is 0 Å². The van der Waals surface area contributed by atoms with Crippen LogP contribution in [0.15, 0.2) is 30.5 Å². The zero-order valence-electron chi connectivity index (χ0n) is 12.2. The second-order valence-electron chi connectivity index (χ2n) is 4.24. The number of carbonyl (C=O) groups is 1. The highest BCUT2D eigenvalue weighted by Gasteiger charge is 2.13. The van der Waals surface area contributed by atoms with Crippen LogP contribution in [-0.2, 0) is 11.3 Å². The summed E-state index contributed by atoms with van der Waals surface area (Å²) in [7, 11) is 0. The van der Waals surface area contributed by atoms with E-state index in [9.17, 15) is 4.79 Å². The van der Waals surface area contributed by atoms with Crippen LogP contribution in [0.25, 0.3) is 0 Å². The van der Waals surface area contributed by atoms with Crippen molar-refractivity contribution in [3.05, 3.63) is 41.9 Å². The van der Waals surface area contributed by atoms with Gasteiger partial charge in [-0.05, 0) is 26.0 Å². The first-order valence-electron chi connectivity index (χ1n) is 6.91. The Morgan fingerprint density at radius 2 is 2.14 bits per heavy atom. The van der Waals surface area contributed by atoms with E-state index in [4.69, 9.17) is 9.47 Å². The van der Waals surface area contributed by atoms with E-state index in [2.05, 4.69) is 15.3 Å². The smallest absolute Gasteiger partial charge is 0.356 e. The molecule has 2 N–H and O–H groups in total. The molecular formula is C15H19N3O3. The molecule has 0 aliphatic carbocycles. The lowest BCUT2D eigenvalue weighted by atomic mass is 10.3. The van der Waals surface area contributed by atoms with Crippen molar-refractivity contribution in [3.63, 3.8) is 0 Å². The van der Waals surface area contributed by atoms with Gasteiger partial charge in [0.1, 0.15) is 5.69 Å². The van der Waals surface area contributed by atoms with Crippen LogP contribution in [-0.4, -0.2) is 29.2 Å². The number of anilines is 1. The van der Waals surface area contributed by atoms with Gasteiger partial charge in [-0.15, -0.1) is 0 Å². The Bertz CT molecular complexity index is 595. The van der Waals surface area contributed by atoms with Crippen LogP contribution < -0.4 is 10.1 Å². The van der Waals surface area contributed by atoms with E-state index in [1.807, 2.05) is 25.1 Å². The average Bonchev–Trinajstić information content (AvgIpc) is 2.95. The zero-order chi connectivity index (χ0) is 15.1. The summed E-state index contributed by atoms with van der Waals surface area (Å²) in [4.78, 5) is 19.0. The number of rotatable bonds is 7. The maximum absolute atomic E-state index is 11.7. The molecule has 6 nitrogen and oxygen atoms in total. The molecule has 0 spiro atoms. The molecule has 0 aliphatic heterocycles. The standard InChI is InChI=1S/C15H19N3O3/c1-3-20-13-7-5-6-11(18-13)10-17-12-8-9-16-14(12)15(19)21-4-2/h5-9,16-17H,3-4,10H2,1-2H3. The Balaban J connectivity index is 2.02. The lowest BCUT2D eigenvalue weighted by molar-refractivity contribution is 0.0521. The third-order valence-electron chi connectivity index (χ3n) is 2.76. The van der Waals surface area contributed by atoms with Gasteiger partial charge in [-0.2, -0.15) is 0 Å². The van der Waals surface area contributed by atoms with Crippen LogP contribution in [0.2, 0.25) is 0 Å². The predicted octanol–water partition coefficient (Wildman–Crippen LogP) is 2.60. The van der Waals surface area contributed by atoms with Gasteiger partial charge in [0.05, 0.1) is 31.1 Å². The van der Waals surface area contributed by atoms with Crippen molar-refractivity contribution < 1.29 is 14.3 Å². The van der Waals surface area contributed by atoms with E-state index < -0.39 is 0 Å². The van der Waals surface area contributed by atoms with Gasteiger partial charge < -0.3 is 19.8 Å². The van der Waals surface area contributed by atoms with E-state index in [1.54, 1.807) is 19.2 Å². The highest BCUT2D eigenvalue weighted by molar-refractivity contribution is 5.93. The molecular weight excluding hydrogens is 270 g/mol. The number of H-pyrrole nitrogens is 1. The summed E-state index contributed by atoms with van der Waals surface area (Å²) < 4.78 is 10.3. The Labute approximate surface area is 123 Å². The first-order chi connectivity index (χ1) is 10.2. The lowest BCUT2D eigenvalue weighted by Gasteiger charge is -2.08. The summed E-state index contributed by atoms with van der Waals surface area (Å²) >= 11 is 0. The van der Waals surface area contributed by atoms with Gasteiger partial charge in [0, 0.05) is 12.3 Å². The molecule has 0 bridgehead atoms. The third kappa shape index (κ3) is 3.98. The summed E-state index contributed by atoms with van der Waals surface area (Å²) in [6.07, 6.45) is 1.69. The van der Waals surface area contributed by atoms with Gasteiger partial charge in [0.2, 0.25) is 5.88 Å². The molecule has 0 aromatic carbocycles. The van der Waals surface area contributed by atoms with Crippen LogP contribution in [0, 0.1) is 0 Å². The number of nitrogens with zero attached hydrogens (tertiary/aromatic N) is 1. The highest BCUT2D eigenvalue weighted by Crippen LogP contribution is 2.16. The third-order valence-corrected chi connectivity index (χ3v) is 2.76. The minimum absolute atomic E-state index is 0.343. The molecule has 21 heavy (non-hydrogen) atoms. The molecule has 0 fully saturated rings. The molecule has 0 saturated heterocycles. The number of nitrogens with one attached hydrogen (secondary N) is 2. The normalized spacial score (nSPS) is 10.2. The quantitative estimate of drug-likeness (QED) is 0.766. The van der Waals surface area contributed by atoms with Gasteiger partial charge in [0.25, 0.3) is 0 Å². The van der Waals surface area contributed by atoms with Gasteiger partial charge in [0.15, 0.2) is 0 Å². The molecule has 0 aliphatic rings. The van der Waals surface area contributed by atoms with Gasteiger partial charge in [-0.25, -0.2) is 9.78 Å². The van der Waals surface area contributed by atoms with Gasteiger partial charge in [-0.1, -0.05) is 6.07 Å². The first-order valence-corrected chi connectivity index (χ1v) is 6.91. The number of carbonyl (C=O) groups excluding carboxylic acids is 1. The monoisotopic (exact) mass is 289 g/mol. The SMILES string of the molecule is CCOC(=O)c1[nH]ccc1NCc1cccc(OCC)n1. The van der Waals surface area contributed by atoms with Crippen LogP contribution in [0.3, 0.4) is 0 Å². The second-order valence-corrected chi connectivity index (χ2v) is 4.24. The minimum Gasteiger partial charge on any atom is -0.478 e. The molecule has 0 radical (unpaired) electrons. The van der Waals surface area contributed by atoms with Crippen molar-refractivity contribution in [2.24, 2.45) is 0 Å². The van der Waals surface area contributed by atoms with Crippen LogP contribution >= 0.6 is 0 Å². The van der Waals surface area contributed by atoms with Crippen LogP contribution in [0.1, 0.15) is 30.0 Å². The summed E-state index contributed by atoms with van der Waals surface area (Å²) in [5, 5.41) is 3.17. The van der Waals surface area contributed by atoms with E-state index in [0.29, 0.717) is 37.0 Å². The number of hydrogen-bond donors (Lipinski definition) is 2. The molecule has 0 saturated carbocycles. The Morgan fingerprint density at radius 3 is 2.90 bits per heavy atom. The fraction of sp³-hybridized carbons (Fsp3) is 0.333. The van der Waals surface area contributed by atoms with E-state index in [1.165, 1.54) is 0 Å². The number of pyridine rings is 1. The molecule has 2 aromatic heterocycles. The van der Waals surface area contributed by atoms with E-state index >= 15 is 0 Å². The Morgan fingerprint density at radius 1 is 1.29 bits per heavy atom. The molecule has 112 valence electrons. The zero-order valence-corrected chi connectivity index (χ0v) is 12.2. The number of aromatic nitrogens is 2. The Hall–Kier alpha value is -2.50. The lowest BCUT2D eigenvalue weighted by Crippen LogP contribution is -2.10.